The van der Waals surface area contributed by atoms with E-state index in [1.54, 1.807) is 5.56 Å². The molecule has 6 nitrogen and oxygen atoms in total. The minimum atomic E-state index is 0.330. The highest BCUT2D eigenvalue weighted by Crippen LogP contribution is 2.53. The van der Waals surface area contributed by atoms with Gasteiger partial charge in [-0.1, -0.05) is 37.3 Å². The molecule has 3 aliphatic rings. The molecule has 0 amide bonds. The number of nitrogen functional groups attached to an aromatic ring is 1. The highest BCUT2D eigenvalue weighted by atomic mass is 15.3. The van der Waals surface area contributed by atoms with Crippen molar-refractivity contribution in [1.29, 1.82) is 0 Å². The third kappa shape index (κ3) is 3.29. The lowest BCUT2D eigenvalue weighted by molar-refractivity contribution is 0.0769. The Kier molecular flexibility index (Phi) is 4.54. The van der Waals surface area contributed by atoms with Gasteiger partial charge in [0, 0.05) is 5.54 Å². The Bertz CT molecular complexity index is 971. The van der Waals surface area contributed by atoms with Gasteiger partial charge in [0.25, 0.3) is 0 Å². The average molecular weight is 391 g/mol. The number of hydrogen-bond acceptors (Lipinski definition) is 5. The molecule has 3 saturated carbocycles. The molecule has 1 aromatic carbocycles. The summed E-state index contributed by atoms with van der Waals surface area (Å²) in [5.41, 5.74) is 10.9. The number of rotatable bonds is 6. The predicted octanol–water partition coefficient (Wildman–Crippen LogP) is 4.06. The van der Waals surface area contributed by atoms with E-state index in [0.29, 0.717) is 28.3 Å². The quantitative estimate of drug-likeness (QED) is 0.590. The van der Waals surface area contributed by atoms with Gasteiger partial charge < -0.3 is 11.1 Å². The number of H-pyrrole nitrogens is 1. The first-order valence-corrected chi connectivity index (χ1v) is 10.9. The van der Waals surface area contributed by atoms with Crippen molar-refractivity contribution in [3.8, 4) is 0 Å². The van der Waals surface area contributed by atoms with Gasteiger partial charge in [-0.25, -0.2) is 4.98 Å². The van der Waals surface area contributed by atoms with E-state index in [4.69, 9.17) is 5.73 Å². The first kappa shape index (κ1) is 18.6. The number of fused-ring (bicyclic) bond motifs is 4. The molecule has 3 aromatic rings. The molecule has 0 spiro atoms. The first-order chi connectivity index (χ1) is 14.1. The molecule has 6 heteroatoms. The van der Waals surface area contributed by atoms with E-state index in [1.165, 1.54) is 38.5 Å². The third-order valence-electron chi connectivity index (χ3n) is 7.58. The van der Waals surface area contributed by atoms with Gasteiger partial charge in [-0.3, -0.25) is 0 Å². The maximum Gasteiger partial charge on any atom is 0.203 e. The number of nitrogens with zero attached hydrogens (tertiary/aromatic N) is 3. The molecule has 6 rings (SSSR count). The van der Waals surface area contributed by atoms with Gasteiger partial charge in [0.15, 0.2) is 0 Å². The molecule has 152 valence electrons. The average Bonchev–Trinajstić information content (AvgIpc) is 3.23. The Morgan fingerprint density at radius 3 is 2.52 bits per heavy atom. The third-order valence-corrected chi connectivity index (χ3v) is 7.58. The zero-order valence-corrected chi connectivity index (χ0v) is 17.1. The van der Waals surface area contributed by atoms with Crippen LogP contribution in [0.15, 0.2) is 36.4 Å². The SMILES string of the molecule is C[C@H](CCNC12CCC(c3ccccc3)(CC1)CC2)c1cc(N)nc2n[nH]nc12. The van der Waals surface area contributed by atoms with Crippen LogP contribution in [0.2, 0.25) is 0 Å². The number of anilines is 1. The van der Waals surface area contributed by atoms with Crippen molar-refractivity contribution in [2.75, 3.05) is 12.3 Å². The fraction of sp³-hybridized carbons (Fsp3) is 0.522. The van der Waals surface area contributed by atoms with Crippen LogP contribution in [0.25, 0.3) is 11.2 Å². The van der Waals surface area contributed by atoms with Crippen molar-refractivity contribution >= 4 is 17.0 Å². The van der Waals surface area contributed by atoms with Crippen LogP contribution in [-0.2, 0) is 5.41 Å². The smallest absolute Gasteiger partial charge is 0.203 e. The Balaban J connectivity index is 1.21. The van der Waals surface area contributed by atoms with E-state index < -0.39 is 0 Å². The van der Waals surface area contributed by atoms with E-state index in [2.05, 4.69) is 63.0 Å². The van der Waals surface area contributed by atoms with Gasteiger partial charge in [-0.15, -0.1) is 5.10 Å². The van der Waals surface area contributed by atoms with Crippen molar-refractivity contribution in [2.45, 2.75) is 68.7 Å². The van der Waals surface area contributed by atoms with Crippen LogP contribution in [0.4, 0.5) is 5.82 Å². The lowest BCUT2D eigenvalue weighted by atomic mass is 9.55. The van der Waals surface area contributed by atoms with Crippen LogP contribution in [0.5, 0.6) is 0 Å². The Labute approximate surface area is 171 Å². The summed E-state index contributed by atoms with van der Waals surface area (Å²) in [5, 5.41) is 15.0. The summed E-state index contributed by atoms with van der Waals surface area (Å²) in [5.74, 6) is 0.865. The normalized spacial score (nSPS) is 27.3. The number of benzene rings is 1. The molecule has 0 radical (unpaired) electrons. The van der Waals surface area contributed by atoms with Crippen molar-refractivity contribution in [1.82, 2.24) is 25.7 Å². The minimum Gasteiger partial charge on any atom is -0.384 e. The number of nitrogens with one attached hydrogen (secondary N) is 2. The standard InChI is InChI=1S/C23H30N6/c1-16(18-15-19(24)26-21-20(18)27-29-28-21)7-14-25-23-11-8-22(9-12-23,10-13-23)17-5-3-2-4-6-17/h2-6,15-16,25H,7-14H2,1H3,(H3,24,26,27,28,29)/t16-,22?,23?/m1/s1. The molecular formula is C23H30N6. The summed E-state index contributed by atoms with van der Waals surface area (Å²) < 4.78 is 0. The molecule has 0 unspecified atom stereocenters. The summed E-state index contributed by atoms with van der Waals surface area (Å²) in [6, 6.07) is 13.1. The van der Waals surface area contributed by atoms with Crippen LogP contribution in [0.1, 0.15) is 68.9 Å². The van der Waals surface area contributed by atoms with E-state index in [0.717, 1.165) is 24.0 Å². The summed E-state index contributed by atoms with van der Waals surface area (Å²) in [4.78, 5) is 4.25. The number of pyridine rings is 1. The zero-order valence-electron chi connectivity index (χ0n) is 17.1. The lowest BCUT2D eigenvalue weighted by Crippen LogP contribution is -2.56. The molecular weight excluding hydrogens is 360 g/mol. The second-order valence-electron chi connectivity index (χ2n) is 9.18. The van der Waals surface area contributed by atoms with Crippen LogP contribution >= 0.6 is 0 Å². The highest BCUT2D eigenvalue weighted by molar-refractivity contribution is 5.76. The van der Waals surface area contributed by atoms with Gasteiger partial charge in [-0.05, 0) is 80.0 Å². The van der Waals surface area contributed by atoms with Gasteiger partial charge >= 0.3 is 0 Å². The van der Waals surface area contributed by atoms with E-state index in [1.807, 2.05) is 6.07 Å². The number of hydrogen-bond donors (Lipinski definition) is 3. The first-order valence-electron chi connectivity index (χ1n) is 10.9. The van der Waals surface area contributed by atoms with Crippen molar-refractivity contribution in [3.63, 3.8) is 0 Å². The molecule has 0 aliphatic heterocycles. The van der Waals surface area contributed by atoms with Crippen LogP contribution < -0.4 is 11.1 Å². The molecule has 4 N–H and O–H groups in total. The van der Waals surface area contributed by atoms with Crippen LogP contribution in [0.3, 0.4) is 0 Å². The van der Waals surface area contributed by atoms with Gasteiger partial charge in [-0.2, -0.15) is 10.3 Å². The number of aromatic nitrogens is 4. The fourth-order valence-corrected chi connectivity index (χ4v) is 5.64. The predicted molar refractivity (Wildman–Crippen MR) is 116 cm³/mol. The van der Waals surface area contributed by atoms with Gasteiger partial charge in [0.2, 0.25) is 5.65 Å². The second-order valence-corrected chi connectivity index (χ2v) is 9.18. The molecule has 0 saturated heterocycles. The summed E-state index contributed by atoms with van der Waals surface area (Å²) >= 11 is 0. The Hall–Kier alpha value is -2.47. The van der Waals surface area contributed by atoms with E-state index >= 15 is 0 Å². The highest BCUT2D eigenvalue weighted by Gasteiger charge is 2.48. The second kappa shape index (κ2) is 7.10. The van der Waals surface area contributed by atoms with Gasteiger partial charge in [0.1, 0.15) is 11.3 Å². The maximum absolute atomic E-state index is 5.97. The minimum absolute atomic E-state index is 0.330. The number of nitrogens with two attached hydrogens (primary N) is 1. The molecule has 2 aromatic heterocycles. The largest absolute Gasteiger partial charge is 0.384 e. The summed E-state index contributed by atoms with van der Waals surface area (Å²) in [7, 11) is 0. The molecule has 2 bridgehead atoms. The Morgan fingerprint density at radius 1 is 1.07 bits per heavy atom. The molecule has 3 fully saturated rings. The molecule has 3 aliphatic carbocycles. The zero-order chi connectivity index (χ0) is 19.9. The topological polar surface area (TPSA) is 92.5 Å². The Morgan fingerprint density at radius 2 is 1.79 bits per heavy atom. The van der Waals surface area contributed by atoms with Gasteiger partial charge in [0.05, 0.1) is 0 Å². The van der Waals surface area contributed by atoms with Crippen molar-refractivity contribution < 1.29 is 0 Å². The summed E-state index contributed by atoms with van der Waals surface area (Å²) in [6.45, 7) is 3.26. The molecule has 29 heavy (non-hydrogen) atoms. The van der Waals surface area contributed by atoms with Crippen molar-refractivity contribution in [2.24, 2.45) is 0 Å². The van der Waals surface area contributed by atoms with E-state index in [-0.39, 0.29) is 0 Å². The monoisotopic (exact) mass is 390 g/mol. The summed E-state index contributed by atoms with van der Waals surface area (Å²) in [6.07, 6.45) is 8.82. The van der Waals surface area contributed by atoms with Crippen LogP contribution in [0, 0.1) is 0 Å². The van der Waals surface area contributed by atoms with E-state index in [9.17, 15) is 0 Å². The van der Waals surface area contributed by atoms with Crippen LogP contribution in [-0.4, -0.2) is 32.5 Å². The number of aromatic amines is 1. The maximum atomic E-state index is 5.97. The van der Waals surface area contributed by atoms with Crippen molar-refractivity contribution in [3.05, 3.63) is 47.5 Å². The molecule has 2 heterocycles. The molecule has 1 atom stereocenters. The fourth-order valence-electron chi connectivity index (χ4n) is 5.64. The lowest BCUT2D eigenvalue weighted by Gasteiger charge is -2.54.